The first-order valence-electron chi connectivity index (χ1n) is 7.31. The zero-order valence-corrected chi connectivity index (χ0v) is 13.9. The fourth-order valence-electron chi connectivity index (χ4n) is 2.35. The first-order valence-corrected chi connectivity index (χ1v) is 8.19. The molecule has 2 N–H and O–H groups in total. The number of carbonyl (C=O) groups is 2. The van der Waals surface area contributed by atoms with E-state index in [1.54, 1.807) is 0 Å². The number of hydrogen-bond acceptors (Lipinski definition) is 6. The van der Waals surface area contributed by atoms with Gasteiger partial charge >= 0.3 is 5.97 Å². The van der Waals surface area contributed by atoms with E-state index in [9.17, 15) is 14.7 Å². The van der Waals surface area contributed by atoms with Gasteiger partial charge in [-0.15, -0.1) is 11.3 Å². The van der Waals surface area contributed by atoms with Crippen molar-refractivity contribution < 1.29 is 19.8 Å². The van der Waals surface area contributed by atoms with Gasteiger partial charge in [0.25, 0.3) is 7.41 Å². The Morgan fingerprint density at radius 2 is 2.23 bits per heavy atom. The Morgan fingerprint density at radius 3 is 2.68 bits per heavy atom. The summed E-state index contributed by atoms with van der Waals surface area (Å²) in [5, 5.41) is 21.1. The number of thiazole rings is 1. The Hall–Kier alpha value is -1.25. The summed E-state index contributed by atoms with van der Waals surface area (Å²) in [6.07, 6.45) is 1.20. The van der Waals surface area contributed by atoms with Crippen LogP contribution < -0.4 is 0 Å². The van der Waals surface area contributed by atoms with Gasteiger partial charge in [0, 0.05) is 11.4 Å². The summed E-state index contributed by atoms with van der Waals surface area (Å²) >= 11 is 1.14. The molecule has 6 nitrogen and oxygen atoms in total. The Morgan fingerprint density at radius 1 is 1.55 bits per heavy atom. The summed E-state index contributed by atoms with van der Waals surface area (Å²) in [7, 11) is 1.51. The molecule has 1 aromatic rings. The molecule has 0 saturated carbocycles. The molecule has 0 fully saturated rings. The van der Waals surface area contributed by atoms with E-state index in [-0.39, 0.29) is 17.7 Å². The monoisotopic (exact) mass is 325 g/mol. The van der Waals surface area contributed by atoms with Gasteiger partial charge in [0.05, 0.1) is 6.19 Å². The first kappa shape index (κ1) is 18.8. The first-order chi connectivity index (χ1) is 10.4. The van der Waals surface area contributed by atoms with Crippen LogP contribution in [-0.2, 0) is 4.79 Å². The molecule has 0 aliphatic rings. The third-order valence-electron chi connectivity index (χ3n) is 3.42. The van der Waals surface area contributed by atoms with Crippen LogP contribution in [-0.4, -0.2) is 52.2 Å². The molecule has 1 radical (unpaired) electrons. The Bertz CT molecular complexity index is 495. The van der Waals surface area contributed by atoms with E-state index in [0.717, 1.165) is 30.5 Å². The molecule has 0 bridgehead atoms. The normalized spacial score (nSPS) is 14.1. The average Bonchev–Trinajstić information content (AvgIpc) is 2.94. The number of carboxylic acids is 1. The molecule has 8 heteroatoms. The van der Waals surface area contributed by atoms with E-state index < -0.39 is 12.1 Å². The highest BCUT2D eigenvalue weighted by molar-refractivity contribution is 7.09. The van der Waals surface area contributed by atoms with E-state index in [2.05, 4.69) is 4.98 Å². The van der Waals surface area contributed by atoms with Crippen molar-refractivity contribution in [1.29, 1.82) is 0 Å². The maximum Gasteiger partial charge on any atom is 0.355 e. The highest BCUT2D eigenvalue weighted by Crippen LogP contribution is 2.27. The molecule has 0 aliphatic carbocycles. The minimum atomic E-state index is -1.10. The molecular weight excluding hydrogens is 303 g/mol. The average molecular weight is 325 g/mol. The zero-order chi connectivity index (χ0) is 16.7. The van der Waals surface area contributed by atoms with Crippen LogP contribution in [0, 0.1) is 5.92 Å². The quantitative estimate of drug-likeness (QED) is 0.504. The Kier molecular flexibility index (Phi) is 7.71. The van der Waals surface area contributed by atoms with E-state index in [1.807, 2.05) is 25.6 Å². The molecule has 0 saturated heterocycles. The van der Waals surface area contributed by atoms with Crippen LogP contribution in [0.3, 0.4) is 0 Å². The molecule has 1 rings (SSSR count). The zero-order valence-electron chi connectivity index (χ0n) is 13.1. The van der Waals surface area contributed by atoms with Crippen LogP contribution in [0.15, 0.2) is 5.38 Å². The molecule has 121 valence electrons. The van der Waals surface area contributed by atoms with Gasteiger partial charge in [-0.2, -0.15) is 0 Å². The van der Waals surface area contributed by atoms with Crippen LogP contribution in [0.4, 0.5) is 0 Å². The maximum atomic E-state index is 10.9. The molecule has 22 heavy (non-hydrogen) atoms. The van der Waals surface area contributed by atoms with Crippen molar-refractivity contribution in [2.24, 2.45) is 5.92 Å². The number of hydrogen-bond donors (Lipinski definition) is 2. The minimum Gasteiger partial charge on any atom is -0.476 e. The fourth-order valence-corrected chi connectivity index (χ4v) is 3.14. The smallest absolute Gasteiger partial charge is 0.355 e. The summed E-state index contributed by atoms with van der Waals surface area (Å²) < 4.78 is 0. The summed E-state index contributed by atoms with van der Waals surface area (Å²) in [6, 6.07) is -0.0164. The molecule has 0 aromatic carbocycles. The fraction of sp³-hybridized carbons (Fsp3) is 0.643. The number of aliphatic hydroxyl groups excluding tert-OH is 1. The second-order valence-corrected chi connectivity index (χ2v) is 6.35. The molecule has 0 aliphatic heterocycles. The summed E-state index contributed by atoms with van der Waals surface area (Å²) in [5.41, 5.74) is -0.0509. The lowest BCUT2D eigenvalue weighted by Gasteiger charge is -2.34. The van der Waals surface area contributed by atoms with Gasteiger partial charge in [0.15, 0.2) is 5.69 Å². The van der Waals surface area contributed by atoms with Crippen molar-refractivity contribution in [3.8, 4) is 0 Å². The van der Waals surface area contributed by atoms with Gasteiger partial charge in [0.2, 0.25) is 0 Å². The molecular formula is C14H22BN2O4S. The van der Waals surface area contributed by atoms with Crippen LogP contribution in [0.25, 0.3) is 0 Å². The topological polar surface area (TPSA) is 90.7 Å². The van der Waals surface area contributed by atoms with Crippen molar-refractivity contribution in [3.63, 3.8) is 0 Å². The number of aromatic carboxylic acids is 1. The van der Waals surface area contributed by atoms with Crippen LogP contribution >= 0.6 is 11.3 Å². The maximum absolute atomic E-state index is 10.9. The van der Waals surface area contributed by atoms with Gasteiger partial charge in [-0.3, -0.25) is 0 Å². The molecule has 1 heterocycles. The van der Waals surface area contributed by atoms with Gasteiger partial charge in [0.1, 0.15) is 11.1 Å². The third kappa shape index (κ3) is 5.19. The van der Waals surface area contributed by atoms with Crippen LogP contribution in [0.5, 0.6) is 0 Å². The van der Waals surface area contributed by atoms with Gasteiger partial charge in [-0.05, 0) is 25.3 Å². The number of aromatic nitrogens is 1. The predicted molar refractivity (Wildman–Crippen MR) is 86.8 cm³/mol. The lowest BCUT2D eigenvalue weighted by Crippen LogP contribution is -2.43. The van der Waals surface area contributed by atoms with E-state index in [0.29, 0.717) is 11.4 Å². The minimum absolute atomic E-state index is 0.0164. The summed E-state index contributed by atoms with van der Waals surface area (Å²) in [4.78, 5) is 27.6. The van der Waals surface area contributed by atoms with E-state index >= 15 is 0 Å². The van der Waals surface area contributed by atoms with Gasteiger partial charge < -0.3 is 19.8 Å². The molecule has 0 spiro atoms. The molecule has 1 aromatic heterocycles. The largest absolute Gasteiger partial charge is 0.476 e. The molecule has 2 atom stereocenters. The van der Waals surface area contributed by atoms with Crippen molar-refractivity contribution in [3.05, 3.63) is 16.1 Å². The Balaban J connectivity index is 2.83. The second kappa shape index (κ2) is 9.02. The van der Waals surface area contributed by atoms with E-state index in [1.165, 1.54) is 12.8 Å². The van der Waals surface area contributed by atoms with Crippen LogP contribution in [0.1, 0.15) is 55.2 Å². The SMILES string of the molecule is CCCN([B]C=O)[C@H](C[C@@H](O)c1nc(C(=O)O)cs1)C(C)C. The highest BCUT2D eigenvalue weighted by atomic mass is 32.1. The third-order valence-corrected chi connectivity index (χ3v) is 4.37. The standard InChI is InChI=1S/C14H22BN2O4S/c1-4-5-17(15-8-18)11(9(2)3)6-12(19)13-16-10(7-22-13)14(20)21/h7-9,11-12,19H,4-6H2,1-3H3,(H,20,21)/t11-,12-/m1/s1. The summed E-state index contributed by atoms with van der Waals surface area (Å²) in [5.74, 6) is -0.867. The van der Waals surface area contributed by atoms with Gasteiger partial charge in [-0.1, -0.05) is 20.8 Å². The number of nitrogens with zero attached hydrogens (tertiary/aromatic N) is 2. The predicted octanol–water partition coefficient (Wildman–Crippen LogP) is 1.81. The number of aliphatic hydroxyl groups is 1. The van der Waals surface area contributed by atoms with E-state index in [4.69, 9.17) is 5.11 Å². The lowest BCUT2D eigenvalue weighted by atomic mass is 9.85. The second-order valence-electron chi connectivity index (χ2n) is 5.46. The van der Waals surface area contributed by atoms with Crippen LogP contribution in [0.2, 0.25) is 0 Å². The number of carboxylic acid groups (broad SMARTS) is 1. The summed E-state index contributed by atoms with van der Waals surface area (Å²) in [6.45, 7) is 6.82. The van der Waals surface area contributed by atoms with Crippen molar-refractivity contribution in [2.45, 2.75) is 45.8 Å². The number of rotatable bonds is 10. The molecule has 0 amide bonds. The van der Waals surface area contributed by atoms with Crippen molar-refractivity contribution in [2.75, 3.05) is 6.54 Å². The Labute approximate surface area is 135 Å². The van der Waals surface area contributed by atoms with Crippen molar-refractivity contribution >= 4 is 30.9 Å². The van der Waals surface area contributed by atoms with Crippen molar-refractivity contribution in [1.82, 2.24) is 9.79 Å². The lowest BCUT2D eigenvalue weighted by molar-refractivity contribution is 0.0690. The molecule has 0 unspecified atom stereocenters. The number of carbonyl (C=O) groups excluding carboxylic acids is 1. The highest BCUT2D eigenvalue weighted by Gasteiger charge is 2.26. The van der Waals surface area contributed by atoms with Gasteiger partial charge in [-0.25, -0.2) is 9.78 Å².